The van der Waals surface area contributed by atoms with Gasteiger partial charge in [-0.3, -0.25) is 14.5 Å². The van der Waals surface area contributed by atoms with Crippen LogP contribution in [0.3, 0.4) is 0 Å². The maximum absolute atomic E-state index is 12.2. The Morgan fingerprint density at radius 1 is 0.542 bits per heavy atom. The Bertz CT molecular complexity index is 1530. The van der Waals surface area contributed by atoms with Gasteiger partial charge in [0, 0.05) is 31.6 Å². The van der Waals surface area contributed by atoms with E-state index < -0.39 is 23.8 Å². The van der Waals surface area contributed by atoms with Crippen LogP contribution in [0, 0.1) is 11.8 Å². The summed E-state index contributed by atoms with van der Waals surface area (Å²) in [6.07, 6.45) is 1.76. The van der Waals surface area contributed by atoms with Crippen LogP contribution in [0.15, 0.2) is 78.9 Å². The first-order valence-electron chi connectivity index (χ1n) is 18.2. The van der Waals surface area contributed by atoms with E-state index in [9.17, 15) is 19.8 Å². The third kappa shape index (κ3) is 7.22. The maximum Gasteiger partial charge on any atom is 0.307 e. The Labute approximate surface area is 285 Å². The molecule has 6 aliphatic heterocycles. The number of aliphatic carboxylic acids is 2. The third-order valence-electron chi connectivity index (χ3n) is 12.7. The molecule has 6 aliphatic rings. The smallest absolute Gasteiger partial charge is 0.307 e. The van der Waals surface area contributed by atoms with Crippen LogP contribution in [-0.4, -0.2) is 132 Å². The van der Waals surface area contributed by atoms with E-state index in [0.29, 0.717) is 0 Å². The number of benzene rings is 3. The molecule has 3 aromatic carbocycles. The van der Waals surface area contributed by atoms with E-state index in [-0.39, 0.29) is 12.8 Å². The van der Waals surface area contributed by atoms with E-state index in [1.807, 2.05) is 54.6 Å². The van der Waals surface area contributed by atoms with Crippen LogP contribution >= 0.6 is 0 Å². The van der Waals surface area contributed by atoms with Gasteiger partial charge in [0.25, 0.3) is 0 Å². The molecule has 0 aromatic heterocycles. The maximum atomic E-state index is 12.2. The fraction of sp³-hybridized carbons (Fsp3) is 0.500. The third-order valence-corrected chi connectivity index (χ3v) is 12.7. The van der Waals surface area contributed by atoms with Crippen molar-refractivity contribution in [2.75, 3.05) is 91.6 Å². The highest BCUT2D eigenvalue weighted by atomic mass is 16.4. The van der Waals surface area contributed by atoms with Gasteiger partial charge < -0.3 is 23.7 Å². The predicted octanol–water partition coefficient (Wildman–Crippen LogP) is 4.24. The van der Waals surface area contributed by atoms with Crippen molar-refractivity contribution < 1.29 is 33.3 Å². The molecule has 8 heteroatoms. The first-order valence-corrected chi connectivity index (χ1v) is 18.2. The topological polar surface area (TPSA) is 77.8 Å². The zero-order chi connectivity index (χ0) is 33.2. The Morgan fingerprint density at radius 2 is 0.958 bits per heavy atom. The van der Waals surface area contributed by atoms with Crippen molar-refractivity contribution in [3.05, 3.63) is 95.6 Å². The van der Waals surface area contributed by atoms with E-state index in [1.54, 1.807) is 0 Å². The summed E-state index contributed by atoms with van der Waals surface area (Å²) < 4.78 is 3.98. The van der Waals surface area contributed by atoms with Gasteiger partial charge in [0.2, 0.25) is 0 Å². The Hall–Kier alpha value is -3.56. The van der Waals surface area contributed by atoms with Gasteiger partial charge in [-0.25, -0.2) is 0 Å². The second kappa shape index (κ2) is 13.7. The summed E-state index contributed by atoms with van der Waals surface area (Å²) in [4.78, 5) is 27.0. The second-order valence-corrected chi connectivity index (χ2v) is 15.5. The van der Waals surface area contributed by atoms with Crippen LogP contribution in [-0.2, 0) is 29.0 Å². The summed E-state index contributed by atoms with van der Waals surface area (Å²) >= 11 is 0. The van der Waals surface area contributed by atoms with Crippen LogP contribution in [0.25, 0.3) is 11.1 Å². The van der Waals surface area contributed by atoms with E-state index in [1.165, 1.54) is 117 Å². The van der Waals surface area contributed by atoms with Gasteiger partial charge in [-0.1, -0.05) is 78.9 Å². The molecule has 6 saturated heterocycles. The molecule has 6 fully saturated rings. The molecule has 9 rings (SSSR count). The Kier molecular flexibility index (Phi) is 9.44. The molecule has 254 valence electrons. The summed E-state index contributed by atoms with van der Waals surface area (Å²) in [6.45, 7) is 19.8. The molecule has 0 saturated carbocycles. The number of quaternary nitrogens is 3. The summed E-state index contributed by atoms with van der Waals surface area (Å²) in [6, 6.07) is 26.2. The van der Waals surface area contributed by atoms with Crippen LogP contribution in [0.5, 0.6) is 0 Å². The molecule has 0 aliphatic carbocycles. The molecular formula is C40H53N4O4+3. The molecule has 0 spiro atoms. The predicted molar refractivity (Wildman–Crippen MR) is 187 cm³/mol. The average molecular weight is 654 g/mol. The number of rotatable bonds is 14. The number of carboxylic acid groups (broad SMARTS) is 2. The second-order valence-electron chi connectivity index (χ2n) is 15.5. The number of hydrogen-bond acceptors (Lipinski definition) is 3. The zero-order valence-corrected chi connectivity index (χ0v) is 28.4. The lowest BCUT2D eigenvalue weighted by atomic mass is 9.82. The zero-order valence-electron chi connectivity index (χ0n) is 28.4. The number of piperazine rings is 6. The molecule has 8 nitrogen and oxygen atoms in total. The monoisotopic (exact) mass is 653 g/mol. The molecule has 4 bridgehead atoms. The van der Waals surface area contributed by atoms with Crippen molar-refractivity contribution in [2.45, 2.75) is 25.8 Å². The summed E-state index contributed by atoms with van der Waals surface area (Å²) in [7, 11) is 0. The summed E-state index contributed by atoms with van der Waals surface area (Å²) in [5.74, 6) is -4.16. The molecule has 3 aromatic rings. The minimum absolute atomic E-state index is 0.178. The normalized spacial score (nSPS) is 29.0. The molecule has 6 heterocycles. The average Bonchev–Trinajstić information content (AvgIpc) is 3.12. The highest BCUT2D eigenvalue weighted by Crippen LogP contribution is 2.31. The van der Waals surface area contributed by atoms with E-state index in [0.717, 1.165) is 28.8 Å². The van der Waals surface area contributed by atoms with Gasteiger partial charge in [0.1, 0.15) is 45.8 Å². The lowest BCUT2D eigenvalue weighted by Crippen LogP contribution is -2.75. The van der Waals surface area contributed by atoms with Gasteiger partial charge in [0.15, 0.2) is 0 Å². The van der Waals surface area contributed by atoms with E-state index in [4.69, 9.17) is 0 Å². The lowest BCUT2D eigenvalue weighted by Gasteiger charge is -2.56. The molecule has 48 heavy (non-hydrogen) atoms. The van der Waals surface area contributed by atoms with Crippen LogP contribution < -0.4 is 0 Å². The van der Waals surface area contributed by atoms with Crippen molar-refractivity contribution >= 4 is 11.9 Å². The Balaban J connectivity index is 0.920. The standard InChI is InChI=1S/C40H51N4O4/c45-39(46)37(29-32-5-2-1-3-6-32)38(40(47)48)30-33-7-11-35(12-8-33)36-13-9-34(10-14-36)31-44-26-23-43(24-27-44,25-28-44)19-4-18-42-20-15-41(16-21-42)17-22-42/h1-3,5-14,37-38H,4,15-31H2/q+1/p+2/t37-,38-,43?,44?/m0/s1. The van der Waals surface area contributed by atoms with Crippen LogP contribution in [0.2, 0.25) is 0 Å². The quantitative estimate of drug-likeness (QED) is 0.255. The molecule has 0 unspecified atom stereocenters. The van der Waals surface area contributed by atoms with Crippen molar-refractivity contribution in [1.29, 1.82) is 0 Å². The molecule has 0 radical (unpaired) electrons. The van der Waals surface area contributed by atoms with Gasteiger partial charge in [-0.15, -0.1) is 0 Å². The number of hydrogen-bond donors (Lipinski definition) is 2. The minimum atomic E-state index is -1.07. The largest absolute Gasteiger partial charge is 0.481 e. The van der Waals surface area contributed by atoms with Gasteiger partial charge in [0.05, 0.1) is 44.6 Å². The van der Waals surface area contributed by atoms with Crippen molar-refractivity contribution in [2.24, 2.45) is 11.8 Å². The summed E-state index contributed by atoms with van der Waals surface area (Å²) in [5, 5.41) is 19.9. The Morgan fingerprint density at radius 3 is 1.44 bits per heavy atom. The fourth-order valence-electron chi connectivity index (χ4n) is 9.27. The molecule has 2 N–H and O–H groups in total. The first-order chi connectivity index (χ1) is 23.2. The minimum Gasteiger partial charge on any atom is -0.481 e. The molecule has 0 amide bonds. The van der Waals surface area contributed by atoms with Gasteiger partial charge in [-0.2, -0.15) is 0 Å². The fourth-order valence-corrected chi connectivity index (χ4v) is 9.27. The molecule has 2 atom stereocenters. The SMILES string of the molecule is O=C(O)[C@@H](Cc1ccccc1)[C@H](Cc1ccc(-c2ccc(C[N+]34CC[N+](CCC[N+]56CCN(CC5)CC6)(CC3)CC4)cc2)cc1)C(=O)O. The van der Waals surface area contributed by atoms with E-state index >= 15 is 0 Å². The van der Waals surface area contributed by atoms with E-state index in [2.05, 4.69) is 29.2 Å². The highest BCUT2D eigenvalue weighted by molar-refractivity contribution is 5.80. The van der Waals surface area contributed by atoms with Crippen molar-refractivity contribution in [1.82, 2.24) is 4.90 Å². The molecular weight excluding hydrogens is 600 g/mol. The van der Waals surface area contributed by atoms with Crippen molar-refractivity contribution in [3.8, 4) is 11.1 Å². The number of carboxylic acids is 2. The number of fused-ring (bicyclic) bond motifs is 6. The first kappa shape index (κ1) is 33.0. The van der Waals surface area contributed by atoms with Crippen LogP contribution in [0.4, 0.5) is 0 Å². The number of nitrogens with zero attached hydrogens (tertiary/aromatic N) is 4. The summed E-state index contributed by atoms with van der Waals surface area (Å²) in [5.41, 5.74) is 5.29. The van der Waals surface area contributed by atoms with Crippen LogP contribution in [0.1, 0.15) is 23.1 Å². The highest BCUT2D eigenvalue weighted by Gasteiger charge is 2.49. The lowest BCUT2D eigenvalue weighted by molar-refractivity contribution is -1.09. The van der Waals surface area contributed by atoms with Gasteiger partial charge in [-0.05, 0) is 35.1 Å². The van der Waals surface area contributed by atoms with Gasteiger partial charge >= 0.3 is 11.9 Å². The number of carbonyl (C=O) groups is 2. The van der Waals surface area contributed by atoms with Crippen molar-refractivity contribution in [3.63, 3.8) is 0 Å².